The number of carboxylic acid groups (broad SMARTS) is 1. The minimum Gasteiger partial charge on any atom is -0.480 e. The Bertz CT molecular complexity index is 529. The maximum absolute atomic E-state index is 12.0. The van der Waals surface area contributed by atoms with Crippen LogP contribution >= 0.6 is 0 Å². The van der Waals surface area contributed by atoms with Gasteiger partial charge in [0.05, 0.1) is 11.3 Å². The molecule has 7 heteroatoms. The lowest BCUT2D eigenvalue weighted by molar-refractivity contribution is -0.385. The highest BCUT2D eigenvalue weighted by Crippen LogP contribution is 2.19. The van der Waals surface area contributed by atoms with Crippen LogP contribution in [0.2, 0.25) is 0 Å². The van der Waals surface area contributed by atoms with E-state index in [-0.39, 0.29) is 24.1 Å². The third-order valence-electron chi connectivity index (χ3n) is 3.06. The van der Waals surface area contributed by atoms with Crippen LogP contribution in [0, 0.1) is 10.1 Å². The van der Waals surface area contributed by atoms with E-state index in [1.54, 1.807) is 13.0 Å². The highest BCUT2D eigenvalue weighted by molar-refractivity contribution is 5.85. The number of carbonyl (C=O) groups is 2. The highest BCUT2D eigenvalue weighted by atomic mass is 16.6. The van der Waals surface area contributed by atoms with E-state index in [4.69, 9.17) is 5.11 Å². The van der Waals surface area contributed by atoms with Crippen molar-refractivity contribution in [3.63, 3.8) is 0 Å². The van der Waals surface area contributed by atoms with Crippen molar-refractivity contribution < 1.29 is 19.6 Å². The zero-order valence-electron chi connectivity index (χ0n) is 11.3. The zero-order valence-corrected chi connectivity index (χ0v) is 11.3. The average Bonchev–Trinajstić information content (AvgIpc) is 2.39. The largest absolute Gasteiger partial charge is 0.480 e. The van der Waals surface area contributed by atoms with Gasteiger partial charge in [-0.05, 0) is 6.42 Å². The van der Waals surface area contributed by atoms with Gasteiger partial charge >= 0.3 is 5.97 Å². The zero-order chi connectivity index (χ0) is 15.3. The number of nitro groups is 1. The van der Waals surface area contributed by atoms with Gasteiger partial charge in [-0.15, -0.1) is 0 Å². The molecule has 1 rings (SSSR count). The van der Waals surface area contributed by atoms with Crippen molar-refractivity contribution in [3.05, 3.63) is 39.9 Å². The number of nitrogens with zero attached hydrogens (tertiary/aromatic N) is 2. The lowest BCUT2D eigenvalue weighted by atomic mass is 10.1. The molecular formula is C13H16N2O5. The number of carboxylic acids is 1. The number of nitro benzene ring substituents is 1. The van der Waals surface area contributed by atoms with Crippen LogP contribution in [-0.2, 0) is 16.0 Å². The summed E-state index contributed by atoms with van der Waals surface area (Å²) >= 11 is 0. The van der Waals surface area contributed by atoms with Crippen LogP contribution in [0.4, 0.5) is 5.69 Å². The SMILES string of the molecule is CCC(C(=O)O)N(C)C(=O)Cc1ccccc1[N+](=O)[O-]. The van der Waals surface area contributed by atoms with E-state index >= 15 is 0 Å². The summed E-state index contributed by atoms with van der Waals surface area (Å²) in [6, 6.07) is 5.00. The second-order valence-corrected chi connectivity index (χ2v) is 4.33. The Kier molecular flexibility index (Phi) is 5.19. The lowest BCUT2D eigenvalue weighted by Crippen LogP contribution is -2.42. The predicted molar refractivity (Wildman–Crippen MR) is 71.3 cm³/mol. The number of carbonyl (C=O) groups excluding carboxylic acids is 1. The average molecular weight is 280 g/mol. The molecule has 0 saturated heterocycles. The summed E-state index contributed by atoms with van der Waals surface area (Å²) < 4.78 is 0. The first-order valence-corrected chi connectivity index (χ1v) is 6.09. The fraction of sp³-hybridized carbons (Fsp3) is 0.385. The quantitative estimate of drug-likeness (QED) is 0.628. The van der Waals surface area contributed by atoms with Crippen molar-refractivity contribution >= 4 is 17.6 Å². The lowest BCUT2D eigenvalue weighted by Gasteiger charge is -2.23. The summed E-state index contributed by atoms with van der Waals surface area (Å²) in [5, 5.41) is 19.9. The van der Waals surface area contributed by atoms with E-state index in [1.165, 1.54) is 25.2 Å². The Morgan fingerprint density at radius 2 is 2.00 bits per heavy atom. The van der Waals surface area contributed by atoms with Gasteiger partial charge in [-0.1, -0.05) is 25.1 Å². The second-order valence-electron chi connectivity index (χ2n) is 4.33. The van der Waals surface area contributed by atoms with Crippen LogP contribution in [-0.4, -0.2) is 39.9 Å². The summed E-state index contributed by atoms with van der Waals surface area (Å²) in [5.41, 5.74) is 0.132. The first-order chi connectivity index (χ1) is 9.38. The van der Waals surface area contributed by atoms with Gasteiger partial charge in [-0.3, -0.25) is 14.9 Å². The van der Waals surface area contributed by atoms with E-state index in [0.29, 0.717) is 0 Å². The molecule has 7 nitrogen and oxygen atoms in total. The Morgan fingerprint density at radius 3 is 2.50 bits per heavy atom. The molecule has 0 bridgehead atoms. The first-order valence-electron chi connectivity index (χ1n) is 6.09. The molecule has 20 heavy (non-hydrogen) atoms. The summed E-state index contributed by atoms with van der Waals surface area (Å²) in [6.07, 6.45) is 0.0753. The molecule has 0 aliphatic heterocycles. The Labute approximate surface area is 116 Å². The van der Waals surface area contributed by atoms with Gasteiger partial charge in [0.2, 0.25) is 5.91 Å². The fourth-order valence-electron chi connectivity index (χ4n) is 1.91. The van der Waals surface area contributed by atoms with Gasteiger partial charge < -0.3 is 10.0 Å². The van der Waals surface area contributed by atoms with Crippen LogP contribution < -0.4 is 0 Å². The summed E-state index contributed by atoms with van der Waals surface area (Å²) in [6.45, 7) is 1.66. The van der Waals surface area contributed by atoms with Gasteiger partial charge in [0, 0.05) is 18.7 Å². The molecule has 1 aromatic carbocycles. The van der Waals surface area contributed by atoms with Crippen LogP contribution in [0.1, 0.15) is 18.9 Å². The molecule has 0 aliphatic rings. The molecule has 1 aromatic rings. The Balaban J connectivity index is 2.91. The molecular weight excluding hydrogens is 264 g/mol. The molecule has 0 saturated carbocycles. The number of likely N-dealkylation sites (N-methyl/N-ethyl adjacent to an activating group) is 1. The van der Waals surface area contributed by atoms with Crippen molar-refractivity contribution in [2.24, 2.45) is 0 Å². The highest BCUT2D eigenvalue weighted by Gasteiger charge is 2.26. The molecule has 108 valence electrons. The second kappa shape index (κ2) is 6.65. The minimum absolute atomic E-state index is 0.141. The monoisotopic (exact) mass is 280 g/mol. The van der Waals surface area contributed by atoms with E-state index < -0.39 is 22.8 Å². The molecule has 0 radical (unpaired) electrons. The van der Waals surface area contributed by atoms with Crippen molar-refractivity contribution in [3.8, 4) is 0 Å². The Morgan fingerprint density at radius 1 is 1.40 bits per heavy atom. The van der Waals surface area contributed by atoms with Crippen molar-refractivity contribution in [1.29, 1.82) is 0 Å². The van der Waals surface area contributed by atoms with Gasteiger partial charge in [0.15, 0.2) is 0 Å². The van der Waals surface area contributed by atoms with E-state index in [1.807, 2.05) is 0 Å². The maximum Gasteiger partial charge on any atom is 0.326 e. The molecule has 1 amide bonds. The predicted octanol–water partition coefficient (Wildman–Crippen LogP) is 1.46. The molecule has 1 N–H and O–H groups in total. The summed E-state index contributed by atoms with van der Waals surface area (Å²) in [7, 11) is 1.39. The van der Waals surface area contributed by atoms with Crippen molar-refractivity contribution in [2.75, 3.05) is 7.05 Å². The number of rotatable bonds is 6. The number of hydrogen-bond donors (Lipinski definition) is 1. The van der Waals surface area contributed by atoms with Crippen LogP contribution in [0.3, 0.4) is 0 Å². The number of amides is 1. The van der Waals surface area contributed by atoms with Crippen molar-refractivity contribution in [2.45, 2.75) is 25.8 Å². The maximum atomic E-state index is 12.0. The van der Waals surface area contributed by atoms with E-state index in [9.17, 15) is 19.7 Å². The number of hydrogen-bond acceptors (Lipinski definition) is 4. The molecule has 1 unspecified atom stereocenters. The third kappa shape index (κ3) is 3.53. The normalized spacial score (nSPS) is 11.7. The Hall–Kier alpha value is -2.44. The topological polar surface area (TPSA) is 101 Å². The van der Waals surface area contributed by atoms with Crippen molar-refractivity contribution in [1.82, 2.24) is 4.90 Å². The molecule has 0 aromatic heterocycles. The first kappa shape index (κ1) is 15.6. The third-order valence-corrected chi connectivity index (χ3v) is 3.06. The van der Waals surface area contributed by atoms with Crippen LogP contribution in [0.5, 0.6) is 0 Å². The molecule has 0 aliphatic carbocycles. The van der Waals surface area contributed by atoms with E-state index in [0.717, 1.165) is 4.90 Å². The van der Waals surface area contributed by atoms with Gasteiger partial charge in [-0.2, -0.15) is 0 Å². The number of para-hydroxylation sites is 1. The summed E-state index contributed by atoms with van der Waals surface area (Å²) in [4.78, 5) is 34.4. The standard InChI is InChI=1S/C13H16N2O5/c1-3-10(13(17)18)14(2)12(16)8-9-6-4-5-7-11(9)15(19)20/h4-7,10H,3,8H2,1-2H3,(H,17,18). The molecule has 1 atom stereocenters. The van der Waals surface area contributed by atoms with Gasteiger partial charge in [0.1, 0.15) is 6.04 Å². The smallest absolute Gasteiger partial charge is 0.326 e. The van der Waals surface area contributed by atoms with Crippen LogP contribution in [0.15, 0.2) is 24.3 Å². The van der Waals surface area contributed by atoms with Gasteiger partial charge in [-0.25, -0.2) is 4.79 Å². The molecule has 0 spiro atoms. The number of benzene rings is 1. The van der Waals surface area contributed by atoms with E-state index in [2.05, 4.69) is 0 Å². The van der Waals surface area contributed by atoms with Crippen LogP contribution in [0.25, 0.3) is 0 Å². The fourth-order valence-corrected chi connectivity index (χ4v) is 1.91. The molecule has 0 heterocycles. The number of aliphatic carboxylic acids is 1. The van der Waals surface area contributed by atoms with Gasteiger partial charge in [0.25, 0.3) is 5.69 Å². The molecule has 0 fully saturated rings. The minimum atomic E-state index is -1.09. The summed E-state index contributed by atoms with van der Waals surface area (Å²) in [5.74, 6) is -1.56.